The Hall–Kier alpha value is -3.11. The summed E-state index contributed by atoms with van der Waals surface area (Å²) in [7, 11) is 0. The first-order chi connectivity index (χ1) is 14.5. The van der Waals surface area contributed by atoms with Gasteiger partial charge in [0.1, 0.15) is 23.2 Å². The Kier molecular flexibility index (Phi) is 5.60. The lowest BCUT2D eigenvalue weighted by molar-refractivity contribution is 0.0952. The number of aromatic nitrogens is 1. The van der Waals surface area contributed by atoms with Crippen LogP contribution in [0.25, 0.3) is 0 Å². The Balaban J connectivity index is 1.92. The van der Waals surface area contributed by atoms with Gasteiger partial charge in [0, 0.05) is 18.4 Å². The molecule has 6 nitrogen and oxygen atoms in total. The molecule has 2 aliphatic heterocycles. The predicted molar refractivity (Wildman–Crippen MR) is 109 cm³/mol. The van der Waals surface area contributed by atoms with Crippen molar-refractivity contribution < 1.29 is 13.9 Å². The number of halogens is 1. The molecule has 1 fully saturated rings. The standard InChI is InChI=1S/C23H24FN3O3/c1-2-5-16-11-19-21(23(28)27(16)13-17-8-4-9-29-17)20(18(12-25)22(26)30-19)14-6-3-7-15(24)10-14/h3,6-7,10-11,17,20H,2,4-5,8-9,13,26H2,1H3. The summed E-state index contributed by atoms with van der Waals surface area (Å²) in [6.07, 6.45) is 3.39. The number of hydrogen-bond donors (Lipinski definition) is 1. The summed E-state index contributed by atoms with van der Waals surface area (Å²) in [5.41, 5.74) is 7.52. The van der Waals surface area contributed by atoms with Crippen LogP contribution in [0.5, 0.6) is 5.75 Å². The van der Waals surface area contributed by atoms with E-state index in [0.29, 0.717) is 36.4 Å². The van der Waals surface area contributed by atoms with Gasteiger partial charge in [-0.3, -0.25) is 4.79 Å². The Morgan fingerprint density at radius 2 is 2.20 bits per heavy atom. The summed E-state index contributed by atoms with van der Waals surface area (Å²) in [6.45, 7) is 3.18. The number of pyridine rings is 1. The van der Waals surface area contributed by atoms with Crippen molar-refractivity contribution in [3.8, 4) is 11.8 Å². The van der Waals surface area contributed by atoms with E-state index < -0.39 is 11.7 Å². The van der Waals surface area contributed by atoms with Crippen LogP contribution in [0.1, 0.15) is 48.9 Å². The van der Waals surface area contributed by atoms with Gasteiger partial charge >= 0.3 is 0 Å². The van der Waals surface area contributed by atoms with Gasteiger partial charge in [-0.1, -0.05) is 25.5 Å². The largest absolute Gasteiger partial charge is 0.440 e. The van der Waals surface area contributed by atoms with Crippen molar-refractivity contribution in [2.24, 2.45) is 5.73 Å². The van der Waals surface area contributed by atoms with Crippen LogP contribution >= 0.6 is 0 Å². The molecule has 1 saturated heterocycles. The third-order valence-corrected chi connectivity index (χ3v) is 5.67. The number of aryl methyl sites for hydroxylation is 1. The van der Waals surface area contributed by atoms with Gasteiger partial charge in [0.25, 0.3) is 5.56 Å². The van der Waals surface area contributed by atoms with Crippen LogP contribution in [0.2, 0.25) is 0 Å². The highest BCUT2D eigenvalue weighted by atomic mass is 19.1. The fourth-order valence-electron chi connectivity index (χ4n) is 4.29. The lowest BCUT2D eigenvalue weighted by Gasteiger charge is -2.28. The van der Waals surface area contributed by atoms with E-state index in [4.69, 9.17) is 15.2 Å². The summed E-state index contributed by atoms with van der Waals surface area (Å²) < 4.78 is 27.2. The molecule has 0 spiro atoms. The summed E-state index contributed by atoms with van der Waals surface area (Å²) in [6, 6.07) is 9.78. The predicted octanol–water partition coefficient (Wildman–Crippen LogP) is 3.34. The molecule has 156 valence electrons. The Morgan fingerprint density at radius 3 is 2.87 bits per heavy atom. The van der Waals surface area contributed by atoms with Gasteiger partial charge in [0.2, 0.25) is 5.88 Å². The van der Waals surface area contributed by atoms with Crippen molar-refractivity contribution in [2.75, 3.05) is 6.61 Å². The first-order valence-electron chi connectivity index (χ1n) is 10.2. The molecule has 0 radical (unpaired) electrons. The van der Waals surface area contributed by atoms with E-state index in [-0.39, 0.29) is 23.1 Å². The number of nitriles is 1. The van der Waals surface area contributed by atoms with E-state index in [9.17, 15) is 14.4 Å². The van der Waals surface area contributed by atoms with Crippen LogP contribution in [-0.4, -0.2) is 17.3 Å². The third-order valence-electron chi connectivity index (χ3n) is 5.67. The molecule has 1 aromatic heterocycles. The molecule has 0 aliphatic carbocycles. The number of rotatable bonds is 5. The van der Waals surface area contributed by atoms with Gasteiger partial charge in [-0.2, -0.15) is 5.26 Å². The fraction of sp³-hybridized carbons (Fsp3) is 0.391. The summed E-state index contributed by atoms with van der Waals surface area (Å²) in [5, 5.41) is 9.73. The third kappa shape index (κ3) is 3.59. The summed E-state index contributed by atoms with van der Waals surface area (Å²) >= 11 is 0. The van der Waals surface area contributed by atoms with Crippen molar-refractivity contribution in [3.63, 3.8) is 0 Å². The molecular formula is C23H24FN3O3. The van der Waals surface area contributed by atoms with E-state index in [1.54, 1.807) is 16.7 Å². The molecule has 7 heteroatoms. The number of nitrogens with zero attached hydrogens (tertiary/aromatic N) is 2. The van der Waals surface area contributed by atoms with Crippen molar-refractivity contribution >= 4 is 0 Å². The highest BCUT2D eigenvalue weighted by molar-refractivity contribution is 5.55. The van der Waals surface area contributed by atoms with E-state index in [1.807, 2.05) is 13.0 Å². The second kappa shape index (κ2) is 8.33. The zero-order valence-corrected chi connectivity index (χ0v) is 16.9. The lowest BCUT2D eigenvalue weighted by Crippen LogP contribution is -2.35. The lowest BCUT2D eigenvalue weighted by atomic mass is 9.84. The molecule has 1 aromatic carbocycles. The molecular weight excluding hydrogens is 385 g/mol. The minimum atomic E-state index is -0.784. The maximum atomic E-state index is 14.0. The normalized spacial score (nSPS) is 20.6. The van der Waals surface area contributed by atoms with Crippen molar-refractivity contribution in [1.29, 1.82) is 5.26 Å². The second-order valence-electron chi connectivity index (χ2n) is 7.69. The molecule has 0 amide bonds. The average molecular weight is 409 g/mol. The maximum Gasteiger partial charge on any atom is 0.258 e. The molecule has 2 aromatic rings. The van der Waals surface area contributed by atoms with Gasteiger partial charge in [0.05, 0.1) is 24.1 Å². The van der Waals surface area contributed by atoms with Crippen molar-refractivity contribution in [3.05, 3.63) is 74.8 Å². The fourth-order valence-corrected chi connectivity index (χ4v) is 4.29. The van der Waals surface area contributed by atoms with Crippen LogP contribution in [0, 0.1) is 17.1 Å². The smallest absolute Gasteiger partial charge is 0.258 e. The Labute approximate surface area is 174 Å². The van der Waals surface area contributed by atoms with E-state index >= 15 is 0 Å². The highest BCUT2D eigenvalue weighted by Gasteiger charge is 2.35. The Bertz CT molecular complexity index is 1090. The maximum absolute atomic E-state index is 14.0. The second-order valence-corrected chi connectivity index (χ2v) is 7.69. The molecule has 30 heavy (non-hydrogen) atoms. The highest BCUT2D eigenvalue weighted by Crippen LogP contribution is 2.40. The monoisotopic (exact) mass is 409 g/mol. The minimum Gasteiger partial charge on any atom is -0.440 e. The zero-order valence-electron chi connectivity index (χ0n) is 16.9. The minimum absolute atomic E-state index is 0.0236. The summed E-state index contributed by atoms with van der Waals surface area (Å²) in [4.78, 5) is 13.7. The number of hydrogen-bond acceptors (Lipinski definition) is 5. The zero-order chi connectivity index (χ0) is 21.3. The van der Waals surface area contributed by atoms with Gasteiger partial charge < -0.3 is 19.8 Å². The topological polar surface area (TPSA) is 90.3 Å². The molecule has 2 unspecified atom stereocenters. The first kappa shape index (κ1) is 20.2. The van der Waals surface area contributed by atoms with Gasteiger partial charge in [-0.15, -0.1) is 0 Å². The SMILES string of the molecule is CCCc1cc2c(c(=O)n1CC1CCCO1)C(c1cccc(F)c1)C(C#N)=C(N)O2. The van der Waals surface area contributed by atoms with Gasteiger partial charge in [-0.25, -0.2) is 4.39 Å². The number of allylic oxidation sites excluding steroid dienone is 1. The van der Waals surface area contributed by atoms with Crippen LogP contribution in [0.15, 0.2) is 46.6 Å². The van der Waals surface area contributed by atoms with E-state index in [2.05, 4.69) is 6.07 Å². The van der Waals surface area contributed by atoms with Crippen LogP contribution in [0.3, 0.4) is 0 Å². The first-order valence-corrected chi connectivity index (χ1v) is 10.2. The number of nitrogens with two attached hydrogens (primary N) is 1. The number of fused-ring (bicyclic) bond motifs is 1. The van der Waals surface area contributed by atoms with E-state index in [1.165, 1.54) is 12.1 Å². The van der Waals surface area contributed by atoms with Crippen LogP contribution < -0.4 is 16.0 Å². The molecule has 2 atom stereocenters. The molecule has 3 heterocycles. The quantitative estimate of drug-likeness (QED) is 0.818. The molecule has 2 N–H and O–H groups in total. The van der Waals surface area contributed by atoms with Crippen LogP contribution in [-0.2, 0) is 17.7 Å². The summed E-state index contributed by atoms with van der Waals surface area (Å²) in [5.74, 6) is -0.956. The average Bonchev–Trinajstić information content (AvgIpc) is 3.23. The molecule has 2 aliphatic rings. The molecule has 0 bridgehead atoms. The van der Waals surface area contributed by atoms with Crippen molar-refractivity contribution in [1.82, 2.24) is 4.57 Å². The van der Waals surface area contributed by atoms with E-state index in [0.717, 1.165) is 25.0 Å². The Morgan fingerprint density at radius 1 is 1.37 bits per heavy atom. The number of ether oxygens (including phenoxy) is 2. The molecule has 4 rings (SSSR count). The van der Waals surface area contributed by atoms with Crippen LogP contribution in [0.4, 0.5) is 4.39 Å². The van der Waals surface area contributed by atoms with Crippen molar-refractivity contribution in [2.45, 2.75) is 51.2 Å². The van der Waals surface area contributed by atoms with Gasteiger partial charge in [0.15, 0.2) is 0 Å². The number of benzene rings is 1. The van der Waals surface area contributed by atoms with Gasteiger partial charge in [-0.05, 0) is 37.0 Å². The molecule has 0 saturated carbocycles.